The van der Waals surface area contributed by atoms with Crippen LogP contribution in [0.15, 0.2) is 42.5 Å². The second-order valence-corrected chi connectivity index (χ2v) is 8.09. The summed E-state index contributed by atoms with van der Waals surface area (Å²) in [5, 5.41) is 6.87. The normalized spacial score (nSPS) is 14.8. The van der Waals surface area contributed by atoms with Crippen molar-refractivity contribution < 1.29 is 9.53 Å². The van der Waals surface area contributed by atoms with Crippen LogP contribution in [-0.2, 0) is 4.79 Å². The van der Waals surface area contributed by atoms with Crippen molar-refractivity contribution >= 4 is 57.8 Å². The first-order valence-electron chi connectivity index (χ1n) is 9.51. The van der Waals surface area contributed by atoms with Gasteiger partial charge in [-0.2, -0.15) is 0 Å². The molecular weight excluding hydrogens is 429 g/mol. The van der Waals surface area contributed by atoms with E-state index >= 15 is 0 Å². The average Bonchev–Trinajstić information content (AvgIpc) is 2.71. The van der Waals surface area contributed by atoms with Gasteiger partial charge in [-0.1, -0.05) is 35.3 Å². The lowest BCUT2D eigenvalue weighted by molar-refractivity contribution is -0.125. The Morgan fingerprint density at radius 3 is 2.59 bits per heavy atom. The summed E-state index contributed by atoms with van der Waals surface area (Å²) in [6, 6.07) is 12.8. The third-order valence-corrected chi connectivity index (χ3v) is 5.39. The predicted molar refractivity (Wildman–Crippen MR) is 123 cm³/mol. The zero-order chi connectivity index (χ0) is 20.8. The van der Waals surface area contributed by atoms with Crippen molar-refractivity contribution in [1.29, 1.82) is 0 Å². The molecule has 3 rings (SSSR count). The molecule has 0 saturated carbocycles. The van der Waals surface area contributed by atoms with Gasteiger partial charge in [0.15, 0.2) is 11.2 Å². The minimum absolute atomic E-state index is 0.220. The minimum Gasteiger partial charge on any atom is -0.479 e. The summed E-state index contributed by atoms with van der Waals surface area (Å²) in [7, 11) is 0. The van der Waals surface area contributed by atoms with E-state index in [2.05, 4.69) is 21.6 Å². The number of halogens is 2. The first kappa shape index (κ1) is 21.7. The maximum absolute atomic E-state index is 12.5. The second-order valence-electron chi connectivity index (χ2n) is 6.84. The summed E-state index contributed by atoms with van der Waals surface area (Å²) in [5.74, 6) is 0.0111. The van der Waals surface area contributed by atoms with E-state index in [4.69, 9.17) is 40.2 Å². The van der Waals surface area contributed by atoms with E-state index in [1.165, 1.54) is 19.3 Å². The molecule has 0 spiro atoms. The number of carbonyl (C=O) groups is 1. The monoisotopic (exact) mass is 451 g/mol. The quantitative estimate of drug-likeness (QED) is 0.606. The van der Waals surface area contributed by atoms with Crippen molar-refractivity contribution in [2.24, 2.45) is 0 Å². The van der Waals surface area contributed by atoms with E-state index in [1.807, 2.05) is 18.2 Å². The molecule has 1 heterocycles. The van der Waals surface area contributed by atoms with Gasteiger partial charge in [-0.15, -0.1) is 0 Å². The van der Waals surface area contributed by atoms with Crippen LogP contribution in [-0.4, -0.2) is 30.2 Å². The van der Waals surface area contributed by atoms with Gasteiger partial charge >= 0.3 is 0 Å². The molecule has 5 nitrogen and oxygen atoms in total. The molecule has 1 saturated heterocycles. The van der Waals surface area contributed by atoms with Crippen LogP contribution in [0.5, 0.6) is 5.75 Å². The number of ether oxygens (including phenoxy) is 1. The summed E-state index contributed by atoms with van der Waals surface area (Å²) in [6.45, 7) is 3.67. The SMILES string of the molecule is CC(Oc1ccc(Cl)cc1Cl)C(=O)NC(=S)Nc1ccccc1N1CCCCC1. The highest BCUT2D eigenvalue weighted by Crippen LogP contribution is 2.29. The molecule has 0 radical (unpaired) electrons. The number of nitrogens with zero attached hydrogens (tertiary/aromatic N) is 1. The number of hydrogen-bond acceptors (Lipinski definition) is 4. The Kier molecular flexibility index (Phi) is 7.58. The van der Waals surface area contributed by atoms with Crippen LogP contribution in [0.4, 0.5) is 11.4 Å². The topological polar surface area (TPSA) is 53.6 Å². The van der Waals surface area contributed by atoms with Crippen molar-refractivity contribution in [1.82, 2.24) is 5.32 Å². The van der Waals surface area contributed by atoms with Crippen LogP contribution in [0.1, 0.15) is 26.2 Å². The Hall–Kier alpha value is -2.02. The lowest BCUT2D eigenvalue weighted by Crippen LogP contribution is -2.42. The molecule has 154 valence electrons. The maximum Gasteiger partial charge on any atom is 0.266 e. The lowest BCUT2D eigenvalue weighted by Gasteiger charge is -2.30. The fraction of sp³-hybridized carbons (Fsp3) is 0.333. The van der Waals surface area contributed by atoms with Gasteiger partial charge in [-0.05, 0) is 68.7 Å². The third-order valence-electron chi connectivity index (χ3n) is 4.65. The highest BCUT2D eigenvalue weighted by atomic mass is 35.5. The number of thiocarbonyl (C=S) groups is 1. The van der Waals surface area contributed by atoms with Crippen molar-refractivity contribution in [3.05, 3.63) is 52.5 Å². The molecule has 2 N–H and O–H groups in total. The Balaban J connectivity index is 1.59. The molecule has 29 heavy (non-hydrogen) atoms. The summed E-state index contributed by atoms with van der Waals surface area (Å²) in [4.78, 5) is 14.8. The van der Waals surface area contributed by atoms with Crippen LogP contribution in [0, 0.1) is 0 Å². The summed E-state index contributed by atoms with van der Waals surface area (Å²) < 4.78 is 5.63. The van der Waals surface area contributed by atoms with Gasteiger partial charge in [0.1, 0.15) is 5.75 Å². The van der Waals surface area contributed by atoms with Crippen LogP contribution >= 0.6 is 35.4 Å². The molecule has 2 aromatic carbocycles. The average molecular weight is 452 g/mol. The number of nitrogens with one attached hydrogen (secondary N) is 2. The van der Waals surface area contributed by atoms with Crippen molar-refractivity contribution in [3.8, 4) is 5.75 Å². The van der Waals surface area contributed by atoms with Crippen molar-refractivity contribution in [2.75, 3.05) is 23.3 Å². The van der Waals surface area contributed by atoms with Crippen LogP contribution in [0.3, 0.4) is 0 Å². The maximum atomic E-state index is 12.5. The molecule has 0 aromatic heterocycles. The third kappa shape index (κ3) is 5.98. The Morgan fingerprint density at radius 1 is 1.14 bits per heavy atom. The van der Waals surface area contributed by atoms with Gasteiger partial charge in [0.05, 0.1) is 16.4 Å². The summed E-state index contributed by atoms with van der Waals surface area (Å²) in [5.41, 5.74) is 1.95. The molecule has 2 aromatic rings. The molecule has 1 fully saturated rings. The number of benzene rings is 2. The van der Waals surface area contributed by atoms with Gasteiger partial charge in [0.2, 0.25) is 0 Å². The van der Waals surface area contributed by atoms with Crippen LogP contribution in [0.2, 0.25) is 10.0 Å². The molecule has 1 aliphatic heterocycles. The van der Waals surface area contributed by atoms with Gasteiger partial charge in [0, 0.05) is 18.1 Å². The number of carbonyl (C=O) groups excluding carboxylic acids is 1. The summed E-state index contributed by atoms with van der Waals surface area (Å²) in [6.07, 6.45) is 2.83. The molecule has 1 atom stereocenters. The fourth-order valence-electron chi connectivity index (χ4n) is 3.17. The van der Waals surface area contributed by atoms with E-state index in [0.29, 0.717) is 15.8 Å². The van der Waals surface area contributed by atoms with Crippen LogP contribution in [0.25, 0.3) is 0 Å². The smallest absolute Gasteiger partial charge is 0.266 e. The Morgan fingerprint density at radius 2 is 1.86 bits per heavy atom. The van der Waals surface area contributed by atoms with E-state index < -0.39 is 6.10 Å². The molecule has 0 aliphatic carbocycles. The van der Waals surface area contributed by atoms with Gasteiger partial charge < -0.3 is 15.0 Å². The standard InChI is InChI=1S/C21H23Cl2N3O2S/c1-14(28-19-10-9-15(22)13-16(19)23)20(27)25-21(29)24-17-7-3-4-8-18(17)26-11-5-2-6-12-26/h3-4,7-10,13-14H,2,5-6,11-12H2,1H3,(H2,24,25,27,29). The zero-order valence-electron chi connectivity index (χ0n) is 16.1. The van der Waals surface area contributed by atoms with E-state index in [9.17, 15) is 4.79 Å². The number of anilines is 2. The van der Waals surface area contributed by atoms with E-state index in [-0.39, 0.29) is 11.0 Å². The van der Waals surface area contributed by atoms with E-state index in [1.54, 1.807) is 25.1 Å². The van der Waals surface area contributed by atoms with Crippen molar-refractivity contribution in [2.45, 2.75) is 32.3 Å². The van der Waals surface area contributed by atoms with Gasteiger partial charge in [-0.25, -0.2) is 0 Å². The van der Waals surface area contributed by atoms with E-state index in [0.717, 1.165) is 24.5 Å². The number of hydrogen-bond donors (Lipinski definition) is 2. The molecule has 1 unspecified atom stereocenters. The Labute approximate surface area is 186 Å². The predicted octanol–water partition coefficient (Wildman–Crippen LogP) is 5.26. The molecule has 1 amide bonds. The van der Waals surface area contributed by atoms with Crippen molar-refractivity contribution in [3.63, 3.8) is 0 Å². The van der Waals surface area contributed by atoms with Crippen LogP contribution < -0.4 is 20.3 Å². The number of para-hydroxylation sites is 2. The van der Waals surface area contributed by atoms with Gasteiger partial charge in [-0.3, -0.25) is 10.1 Å². The largest absolute Gasteiger partial charge is 0.479 e. The first-order valence-corrected chi connectivity index (χ1v) is 10.7. The molecule has 1 aliphatic rings. The summed E-state index contributed by atoms with van der Waals surface area (Å²) >= 11 is 17.3. The fourth-order valence-corrected chi connectivity index (χ4v) is 3.84. The van der Waals surface area contributed by atoms with Gasteiger partial charge in [0.25, 0.3) is 5.91 Å². The second kappa shape index (κ2) is 10.1. The first-order chi connectivity index (χ1) is 13.9. The highest BCUT2D eigenvalue weighted by Gasteiger charge is 2.19. The zero-order valence-corrected chi connectivity index (χ0v) is 18.4. The molecule has 8 heteroatoms. The highest BCUT2D eigenvalue weighted by molar-refractivity contribution is 7.80. The minimum atomic E-state index is -0.786. The number of piperidine rings is 1. The Bertz CT molecular complexity index is 888. The molecular formula is C21H23Cl2N3O2S. The number of amides is 1. The number of rotatable bonds is 5. The molecule has 0 bridgehead atoms. The lowest BCUT2D eigenvalue weighted by atomic mass is 10.1.